The van der Waals surface area contributed by atoms with Crippen molar-refractivity contribution in [2.45, 2.75) is 33.9 Å². The summed E-state index contributed by atoms with van der Waals surface area (Å²) in [4.78, 5) is 21.0. The number of nitrogens with one attached hydrogen (secondary N) is 1. The normalized spacial score (nSPS) is 14.0. The number of para-hydroxylation sites is 1. The van der Waals surface area contributed by atoms with E-state index in [1.807, 2.05) is 36.9 Å². The molecular formula is C24H29FN6O. The molecule has 2 aromatic heterocycles. The van der Waals surface area contributed by atoms with E-state index in [1.165, 1.54) is 6.07 Å². The van der Waals surface area contributed by atoms with Crippen LogP contribution in [0.3, 0.4) is 0 Å². The van der Waals surface area contributed by atoms with Crippen molar-refractivity contribution in [2.75, 3.05) is 36.4 Å². The second-order valence-electron chi connectivity index (χ2n) is 8.23. The van der Waals surface area contributed by atoms with Crippen LogP contribution in [-0.2, 0) is 17.9 Å². The lowest BCUT2D eigenvalue weighted by Crippen LogP contribution is -2.50. The number of anilines is 2. The largest absolute Gasteiger partial charge is 0.380 e. The van der Waals surface area contributed by atoms with E-state index in [4.69, 9.17) is 0 Å². The lowest BCUT2D eigenvalue weighted by atomic mass is 10.1. The molecule has 168 valence electrons. The summed E-state index contributed by atoms with van der Waals surface area (Å²) in [5.41, 5.74) is 5.22. The van der Waals surface area contributed by atoms with Gasteiger partial charge in [0.05, 0.1) is 23.3 Å². The van der Waals surface area contributed by atoms with E-state index in [0.717, 1.165) is 35.7 Å². The molecule has 1 aliphatic heterocycles. The summed E-state index contributed by atoms with van der Waals surface area (Å²) in [5, 5.41) is 7.67. The topological polar surface area (TPSA) is 66.3 Å². The van der Waals surface area contributed by atoms with Crippen LogP contribution in [0.5, 0.6) is 0 Å². The average Bonchev–Trinajstić information content (AvgIpc) is 3.11. The minimum Gasteiger partial charge on any atom is -0.380 e. The highest BCUT2D eigenvalue weighted by atomic mass is 19.1. The van der Waals surface area contributed by atoms with E-state index in [0.29, 0.717) is 31.0 Å². The molecule has 0 radical (unpaired) electrons. The van der Waals surface area contributed by atoms with Crippen LogP contribution in [0, 0.1) is 26.6 Å². The van der Waals surface area contributed by atoms with Gasteiger partial charge in [0.25, 0.3) is 0 Å². The number of aryl methyl sites for hydroxylation is 3. The van der Waals surface area contributed by atoms with E-state index < -0.39 is 0 Å². The van der Waals surface area contributed by atoms with Crippen molar-refractivity contribution >= 4 is 17.3 Å². The maximum atomic E-state index is 13.8. The molecule has 1 fully saturated rings. The Morgan fingerprint density at radius 1 is 1.09 bits per heavy atom. The molecule has 0 bridgehead atoms. The number of hydrogen-bond donors (Lipinski definition) is 1. The van der Waals surface area contributed by atoms with Crippen molar-refractivity contribution in [3.63, 3.8) is 0 Å². The Morgan fingerprint density at radius 2 is 1.84 bits per heavy atom. The lowest BCUT2D eigenvalue weighted by molar-refractivity contribution is -0.132. The molecule has 0 saturated carbocycles. The molecule has 1 aromatic carbocycles. The number of pyridine rings is 1. The summed E-state index contributed by atoms with van der Waals surface area (Å²) in [5.74, 6) is -0.218. The van der Waals surface area contributed by atoms with Crippen molar-refractivity contribution in [3.8, 4) is 0 Å². The van der Waals surface area contributed by atoms with Gasteiger partial charge in [0.1, 0.15) is 12.4 Å². The van der Waals surface area contributed by atoms with Crippen molar-refractivity contribution in [1.82, 2.24) is 19.7 Å². The predicted octanol–water partition coefficient (Wildman–Crippen LogP) is 3.30. The molecule has 7 nitrogen and oxygen atoms in total. The monoisotopic (exact) mass is 436 g/mol. The Balaban J connectivity index is 1.36. The maximum Gasteiger partial charge on any atom is 0.244 e. The summed E-state index contributed by atoms with van der Waals surface area (Å²) in [6, 6.07) is 11.6. The van der Waals surface area contributed by atoms with Crippen LogP contribution in [0.2, 0.25) is 0 Å². The Kier molecular flexibility index (Phi) is 6.39. The zero-order chi connectivity index (χ0) is 22.7. The van der Waals surface area contributed by atoms with Gasteiger partial charge >= 0.3 is 0 Å². The molecule has 8 heteroatoms. The standard InChI is InChI=1S/C24H29FN6O/c1-17-12-18(2)31(28-17)16-24(32)30-10-8-29(9-11-30)23-7-5-4-6-20(23)14-27-21-13-22(25)19(3)26-15-21/h4-7,12-13,15,27H,8-11,14,16H2,1-3H3. The summed E-state index contributed by atoms with van der Waals surface area (Å²) in [7, 11) is 0. The number of nitrogens with zero attached hydrogens (tertiary/aromatic N) is 5. The summed E-state index contributed by atoms with van der Waals surface area (Å²) in [6.45, 7) is 9.28. The molecule has 3 heterocycles. The first-order valence-corrected chi connectivity index (χ1v) is 10.9. The molecule has 4 rings (SSSR count). The van der Waals surface area contributed by atoms with Crippen LogP contribution in [0.1, 0.15) is 22.6 Å². The van der Waals surface area contributed by atoms with Crippen LogP contribution in [0.15, 0.2) is 42.6 Å². The van der Waals surface area contributed by atoms with Gasteiger partial charge in [-0.15, -0.1) is 0 Å². The Morgan fingerprint density at radius 3 is 2.53 bits per heavy atom. The molecule has 3 aromatic rings. The second kappa shape index (κ2) is 9.38. The molecule has 1 saturated heterocycles. The highest BCUT2D eigenvalue weighted by molar-refractivity contribution is 5.76. The first kappa shape index (κ1) is 21.8. The predicted molar refractivity (Wildman–Crippen MR) is 123 cm³/mol. The molecule has 0 aliphatic carbocycles. The molecule has 1 N–H and O–H groups in total. The third kappa shape index (κ3) is 4.90. The van der Waals surface area contributed by atoms with Gasteiger partial charge in [-0.25, -0.2) is 4.39 Å². The smallest absolute Gasteiger partial charge is 0.244 e. The fourth-order valence-corrected chi connectivity index (χ4v) is 4.03. The summed E-state index contributed by atoms with van der Waals surface area (Å²) >= 11 is 0. The van der Waals surface area contributed by atoms with Crippen molar-refractivity contribution in [1.29, 1.82) is 0 Å². The van der Waals surface area contributed by atoms with Gasteiger partial charge in [-0.3, -0.25) is 14.5 Å². The van der Waals surface area contributed by atoms with Crippen LogP contribution in [0.25, 0.3) is 0 Å². The quantitative estimate of drug-likeness (QED) is 0.642. The van der Waals surface area contributed by atoms with Crippen LogP contribution in [-0.4, -0.2) is 51.8 Å². The number of benzene rings is 1. The fraction of sp³-hybridized carbons (Fsp3) is 0.375. The molecule has 0 spiro atoms. The number of hydrogen-bond acceptors (Lipinski definition) is 5. The lowest BCUT2D eigenvalue weighted by Gasteiger charge is -2.37. The van der Waals surface area contributed by atoms with Gasteiger partial charge in [0.2, 0.25) is 5.91 Å². The number of carbonyl (C=O) groups excluding carboxylic acids is 1. The van der Waals surface area contributed by atoms with E-state index in [-0.39, 0.29) is 18.3 Å². The minimum atomic E-state index is -0.315. The third-order valence-corrected chi connectivity index (χ3v) is 5.86. The summed E-state index contributed by atoms with van der Waals surface area (Å²) in [6.07, 6.45) is 1.65. The van der Waals surface area contributed by atoms with E-state index in [1.54, 1.807) is 17.8 Å². The Bertz CT molecular complexity index is 1100. The number of halogens is 1. The first-order valence-electron chi connectivity index (χ1n) is 10.9. The van der Waals surface area contributed by atoms with Crippen LogP contribution >= 0.6 is 0 Å². The number of rotatable bonds is 6. The zero-order valence-electron chi connectivity index (χ0n) is 18.8. The van der Waals surface area contributed by atoms with Gasteiger partial charge in [-0.1, -0.05) is 18.2 Å². The van der Waals surface area contributed by atoms with E-state index in [2.05, 4.69) is 32.4 Å². The van der Waals surface area contributed by atoms with Crippen LogP contribution < -0.4 is 10.2 Å². The zero-order valence-corrected chi connectivity index (χ0v) is 18.8. The van der Waals surface area contributed by atoms with Crippen molar-refractivity contribution in [3.05, 3.63) is 71.1 Å². The minimum absolute atomic E-state index is 0.0969. The van der Waals surface area contributed by atoms with Gasteiger partial charge in [0, 0.05) is 50.2 Å². The number of piperazine rings is 1. The molecule has 32 heavy (non-hydrogen) atoms. The number of amides is 1. The van der Waals surface area contributed by atoms with Crippen LogP contribution in [0.4, 0.5) is 15.8 Å². The molecule has 0 atom stereocenters. The fourth-order valence-electron chi connectivity index (χ4n) is 4.03. The van der Waals surface area contributed by atoms with Gasteiger partial charge < -0.3 is 15.1 Å². The molecule has 1 amide bonds. The molecular weight excluding hydrogens is 407 g/mol. The number of carbonyl (C=O) groups is 1. The third-order valence-electron chi connectivity index (χ3n) is 5.86. The molecule has 1 aliphatic rings. The van der Waals surface area contributed by atoms with Crippen molar-refractivity contribution in [2.24, 2.45) is 0 Å². The Hall–Kier alpha value is -3.42. The van der Waals surface area contributed by atoms with Gasteiger partial charge in [0.15, 0.2) is 0 Å². The SMILES string of the molecule is Cc1cc(C)n(CC(=O)N2CCN(c3ccccc3CNc3cnc(C)c(F)c3)CC2)n1. The van der Waals surface area contributed by atoms with Gasteiger partial charge in [-0.2, -0.15) is 5.10 Å². The first-order chi connectivity index (χ1) is 15.4. The Labute approximate surface area is 187 Å². The van der Waals surface area contributed by atoms with Crippen molar-refractivity contribution < 1.29 is 9.18 Å². The maximum absolute atomic E-state index is 13.8. The second-order valence-corrected chi connectivity index (χ2v) is 8.23. The molecule has 0 unspecified atom stereocenters. The number of aromatic nitrogens is 3. The van der Waals surface area contributed by atoms with E-state index in [9.17, 15) is 9.18 Å². The van der Waals surface area contributed by atoms with E-state index >= 15 is 0 Å². The highest BCUT2D eigenvalue weighted by Crippen LogP contribution is 2.23. The summed E-state index contributed by atoms with van der Waals surface area (Å²) < 4.78 is 15.6. The average molecular weight is 437 g/mol. The highest BCUT2D eigenvalue weighted by Gasteiger charge is 2.23. The van der Waals surface area contributed by atoms with Gasteiger partial charge in [-0.05, 0) is 38.5 Å².